The summed E-state index contributed by atoms with van der Waals surface area (Å²) in [5, 5.41) is 18.5. The average Bonchev–Trinajstić information content (AvgIpc) is 2.73. The molecule has 6 heteroatoms. The van der Waals surface area contributed by atoms with Crippen molar-refractivity contribution in [2.75, 3.05) is 0 Å². The van der Waals surface area contributed by atoms with E-state index >= 15 is 0 Å². The highest BCUT2D eigenvalue weighted by Crippen LogP contribution is 2.49. The van der Waals surface area contributed by atoms with Gasteiger partial charge in [-0.1, -0.05) is 13.8 Å². The van der Waals surface area contributed by atoms with Crippen LogP contribution in [0.25, 0.3) is 6.08 Å². The fourth-order valence-corrected chi connectivity index (χ4v) is 3.45. The second-order valence-electron chi connectivity index (χ2n) is 6.51. The monoisotopic (exact) mass is 302 g/mol. The van der Waals surface area contributed by atoms with Crippen molar-refractivity contribution >= 4 is 18.0 Å². The molecule has 0 bridgehead atoms. The van der Waals surface area contributed by atoms with E-state index in [9.17, 15) is 14.7 Å². The third-order valence-electron chi connectivity index (χ3n) is 4.48. The lowest BCUT2D eigenvalue weighted by atomic mass is 9.83. The molecule has 1 unspecified atom stereocenters. The summed E-state index contributed by atoms with van der Waals surface area (Å²) in [7, 11) is 0. The van der Waals surface area contributed by atoms with Crippen molar-refractivity contribution in [3.05, 3.63) is 35.2 Å². The van der Waals surface area contributed by atoms with Crippen molar-refractivity contribution in [3.63, 3.8) is 0 Å². The van der Waals surface area contributed by atoms with Crippen molar-refractivity contribution in [2.24, 2.45) is 5.41 Å². The van der Waals surface area contributed by atoms with Crippen LogP contribution in [0.5, 0.6) is 0 Å². The highest BCUT2D eigenvalue weighted by Gasteiger charge is 2.60. The Bertz CT molecular complexity index is 680. The molecular weight excluding hydrogens is 284 g/mol. The number of aliphatic carboxylic acids is 1. The molecule has 0 spiro atoms. The smallest absolute Gasteiger partial charge is 0.327 e. The van der Waals surface area contributed by atoms with Gasteiger partial charge in [0.1, 0.15) is 6.04 Å². The van der Waals surface area contributed by atoms with E-state index in [2.05, 4.69) is 4.98 Å². The molecule has 3 heterocycles. The van der Waals surface area contributed by atoms with Gasteiger partial charge < -0.3 is 15.1 Å². The predicted molar refractivity (Wildman–Crippen MR) is 78.6 cm³/mol. The molecule has 1 aromatic rings. The number of hydrogen-bond acceptors (Lipinski definition) is 4. The number of carbonyl (C=O) groups excluding carboxylic acids is 1. The van der Waals surface area contributed by atoms with Crippen molar-refractivity contribution in [1.29, 1.82) is 0 Å². The molecule has 2 saturated heterocycles. The third-order valence-corrected chi connectivity index (χ3v) is 4.48. The van der Waals surface area contributed by atoms with E-state index in [4.69, 9.17) is 5.11 Å². The Kier molecular flexibility index (Phi) is 3.29. The maximum Gasteiger partial charge on any atom is 0.327 e. The van der Waals surface area contributed by atoms with Gasteiger partial charge in [0.05, 0.1) is 18.3 Å². The van der Waals surface area contributed by atoms with Gasteiger partial charge in [0.25, 0.3) is 5.91 Å². The molecule has 6 nitrogen and oxygen atoms in total. The van der Waals surface area contributed by atoms with E-state index in [1.807, 2.05) is 13.8 Å². The second kappa shape index (κ2) is 4.91. The van der Waals surface area contributed by atoms with Crippen LogP contribution in [0.15, 0.2) is 23.9 Å². The summed E-state index contributed by atoms with van der Waals surface area (Å²) in [4.78, 5) is 29.4. The number of pyridine rings is 1. The molecule has 0 radical (unpaired) electrons. The summed E-state index contributed by atoms with van der Waals surface area (Å²) in [6, 6.07) is 2.48. The highest BCUT2D eigenvalue weighted by atomic mass is 16.4. The fraction of sp³-hybridized carbons (Fsp3) is 0.438. The number of fused-ring (bicyclic) bond motifs is 1. The van der Waals surface area contributed by atoms with Crippen molar-refractivity contribution < 1.29 is 19.8 Å². The molecule has 2 aliphatic heterocycles. The number of amides is 1. The lowest BCUT2D eigenvalue weighted by Gasteiger charge is -2.40. The van der Waals surface area contributed by atoms with E-state index in [-0.39, 0.29) is 18.6 Å². The average molecular weight is 302 g/mol. The molecular formula is C16H18N2O4. The minimum Gasteiger partial charge on any atom is -0.480 e. The SMILES string of the molecule is CC1(C)CC2/C(=C\c3cc(CO)ccn3)C(=O)N2[C@H]1C(=O)O. The van der Waals surface area contributed by atoms with Gasteiger partial charge in [-0.25, -0.2) is 4.79 Å². The summed E-state index contributed by atoms with van der Waals surface area (Å²) >= 11 is 0. The van der Waals surface area contributed by atoms with Gasteiger partial charge in [-0.3, -0.25) is 9.78 Å². The van der Waals surface area contributed by atoms with Crippen LogP contribution in [0.3, 0.4) is 0 Å². The zero-order valence-corrected chi connectivity index (χ0v) is 12.5. The van der Waals surface area contributed by atoms with E-state index in [0.717, 1.165) is 5.56 Å². The van der Waals surface area contributed by atoms with Crippen molar-refractivity contribution in [2.45, 2.75) is 39.0 Å². The van der Waals surface area contributed by atoms with Crippen LogP contribution >= 0.6 is 0 Å². The minimum atomic E-state index is -0.958. The zero-order chi connectivity index (χ0) is 16.1. The van der Waals surface area contributed by atoms with Crippen molar-refractivity contribution in [3.8, 4) is 0 Å². The Hall–Kier alpha value is -2.21. The molecule has 0 aromatic carbocycles. The number of aliphatic hydroxyl groups excluding tert-OH is 1. The molecule has 116 valence electrons. The summed E-state index contributed by atoms with van der Waals surface area (Å²) < 4.78 is 0. The lowest BCUT2D eigenvalue weighted by molar-refractivity contribution is -0.154. The topological polar surface area (TPSA) is 90.7 Å². The molecule has 3 rings (SSSR count). The summed E-state index contributed by atoms with van der Waals surface area (Å²) in [5.41, 5.74) is 1.47. The first kappa shape index (κ1) is 14.7. The largest absolute Gasteiger partial charge is 0.480 e. The van der Waals surface area contributed by atoms with Gasteiger partial charge in [0.2, 0.25) is 0 Å². The van der Waals surface area contributed by atoms with Crippen LogP contribution < -0.4 is 0 Å². The summed E-state index contributed by atoms with van der Waals surface area (Å²) in [5.74, 6) is -1.19. The van der Waals surface area contributed by atoms with Crippen LogP contribution in [0.2, 0.25) is 0 Å². The van der Waals surface area contributed by atoms with Crippen LogP contribution in [-0.4, -0.2) is 44.1 Å². The number of β-lactam (4-membered cyclic amide) rings is 1. The zero-order valence-electron chi connectivity index (χ0n) is 12.5. The number of carboxylic acid groups (broad SMARTS) is 1. The molecule has 2 aliphatic rings. The van der Waals surface area contributed by atoms with Gasteiger partial charge in [0, 0.05) is 11.8 Å². The Labute approximate surface area is 128 Å². The summed E-state index contributed by atoms with van der Waals surface area (Å²) in [6.45, 7) is 3.66. The first-order valence-corrected chi connectivity index (χ1v) is 7.18. The lowest BCUT2D eigenvalue weighted by Crippen LogP contribution is -2.57. The molecule has 22 heavy (non-hydrogen) atoms. The molecule has 1 aromatic heterocycles. The highest BCUT2D eigenvalue weighted by molar-refractivity contribution is 6.08. The first-order valence-electron chi connectivity index (χ1n) is 7.18. The van der Waals surface area contributed by atoms with Crippen molar-refractivity contribution in [1.82, 2.24) is 9.88 Å². The Balaban J connectivity index is 1.91. The number of hydrogen-bond donors (Lipinski definition) is 2. The van der Waals surface area contributed by atoms with Crippen LogP contribution in [0.4, 0.5) is 0 Å². The number of carbonyl (C=O) groups is 2. The number of aromatic nitrogens is 1. The molecule has 2 atom stereocenters. The van der Waals surface area contributed by atoms with Gasteiger partial charge >= 0.3 is 5.97 Å². The van der Waals surface area contributed by atoms with Crippen LogP contribution in [0.1, 0.15) is 31.5 Å². The quantitative estimate of drug-likeness (QED) is 0.643. The van der Waals surface area contributed by atoms with E-state index in [0.29, 0.717) is 17.7 Å². The molecule has 0 saturated carbocycles. The molecule has 1 amide bonds. The van der Waals surface area contributed by atoms with Crippen LogP contribution in [0, 0.1) is 5.41 Å². The predicted octanol–water partition coefficient (Wildman–Crippen LogP) is 1.05. The Morgan fingerprint density at radius 1 is 1.55 bits per heavy atom. The van der Waals surface area contributed by atoms with Gasteiger partial charge in [0.15, 0.2) is 0 Å². The standard InChI is InChI=1S/C16H18N2O4/c1-16(2)7-12-11(14(20)18(12)13(16)15(21)22)6-10-5-9(8-19)3-4-17-10/h3-6,12-13,19H,7-8H2,1-2H3,(H,21,22)/b11-6+/t12?,13-/m0/s1. The molecule has 0 aliphatic carbocycles. The Morgan fingerprint density at radius 3 is 2.91 bits per heavy atom. The fourth-order valence-electron chi connectivity index (χ4n) is 3.45. The Morgan fingerprint density at radius 2 is 2.27 bits per heavy atom. The van der Waals surface area contributed by atoms with Gasteiger partial charge in [-0.2, -0.15) is 0 Å². The van der Waals surface area contributed by atoms with Gasteiger partial charge in [-0.05, 0) is 35.6 Å². The normalized spacial score (nSPS) is 27.7. The maximum atomic E-state index is 12.3. The minimum absolute atomic E-state index is 0.0870. The summed E-state index contributed by atoms with van der Waals surface area (Å²) in [6.07, 6.45) is 3.90. The third kappa shape index (κ3) is 2.11. The molecule has 2 N–H and O–H groups in total. The number of carboxylic acids is 1. The van der Waals surface area contributed by atoms with E-state index in [1.54, 1.807) is 24.4 Å². The molecule has 2 fully saturated rings. The first-order chi connectivity index (χ1) is 10.3. The number of rotatable bonds is 3. The maximum absolute atomic E-state index is 12.3. The van der Waals surface area contributed by atoms with E-state index in [1.165, 1.54) is 4.90 Å². The second-order valence-corrected chi connectivity index (χ2v) is 6.51. The van der Waals surface area contributed by atoms with Crippen LogP contribution in [-0.2, 0) is 16.2 Å². The number of aliphatic hydroxyl groups is 1. The van der Waals surface area contributed by atoms with E-state index < -0.39 is 17.4 Å². The van der Waals surface area contributed by atoms with Gasteiger partial charge in [-0.15, -0.1) is 0 Å². The number of nitrogens with zero attached hydrogens (tertiary/aromatic N) is 2.